The fraction of sp³-hybridized carbons (Fsp3) is 0.188. The summed E-state index contributed by atoms with van der Waals surface area (Å²) in [6.45, 7) is 0. The van der Waals surface area contributed by atoms with Gasteiger partial charge >= 0.3 is 0 Å². The van der Waals surface area contributed by atoms with E-state index >= 15 is 0 Å². The van der Waals surface area contributed by atoms with Gasteiger partial charge in [-0.2, -0.15) is 0 Å². The molecule has 0 amide bonds. The minimum absolute atomic E-state index is 0.655. The summed E-state index contributed by atoms with van der Waals surface area (Å²) in [5.41, 5.74) is 3.62. The molecule has 0 saturated carbocycles. The highest BCUT2D eigenvalue weighted by molar-refractivity contribution is 5.75. The Balaban J connectivity index is 1.92. The molecular weight excluding hydrogens is 250 g/mol. The summed E-state index contributed by atoms with van der Waals surface area (Å²) in [6.07, 6.45) is 2.90. The molecule has 0 saturated heterocycles. The highest BCUT2D eigenvalue weighted by Gasteiger charge is 2.12. The Morgan fingerprint density at radius 3 is 2.55 bits per heavy atom. The number of fused-ring (bicyclic) bond motifs is 1. The minimum Gasteiger partial charge on any atom is -0.384 e. The van der Waals surface area contributed by atoms with E-state index in [0.717, 1.165) is 27.8 Å². The molecule has 0 bridgehead atoms. The lowest BCUT2D eigenvalue weighted by atomic mass is 10.0. The van der Waals surface area contributed by atoms with Crippen molar-refractivity contribution in [2.24, 2.45) is 0 Å². The number of aromatic amines is 1. The molecule has 2 heterocycles. The molecule has 3 rings (SSSR count). The average molecular weight is 267 g/mol. The van der Waals surface area contributed by atoms with Crippen molar-refractivity contribution in [3.63, 3.8) is 0 Å². The topological polar surface area (TPSA) is 52.1 Å². The molecule has 2 N–H and O–H groups in total. The number of nitrogens with one attached hydrogen (secondary N) is 1. The van der Waals surface area contributed by atoms with Gasteiger partial charge in [0.05, 0.1) is 0 Å². The van der Waals surface area contributed by atoms with Crippen LogP contribution in [0.5, 0.6) is 0 Å². The lowest BCUT2D eigenvalue weighted by Crippen LogP contribution is -2.08. The summed E-state index contributed by atoms with van der Waals surface area (Å²) in [6, 6.07) is 11.8. The summed E-state index contributed by atoms with van der Waals surface area (Å²) < 4.78 is 0. The molecule has 1 aromatic carbocycles. The van der Waals surface area contributed by atoms with E-state index in [1.54, 1.807) is 6.20 Å². The van der Waals surface area contributed by atoms with Crippen LogP contribution in [0.25, 0.3) is 11.0 Å². The molecule has 2 aromatic heterocycles. The number of aromatic nitrogens is 2. The van der Waals surface area contributed by atoms with Crippen LogP contribution in [0.2, 0.25) is 0 Å². The smallest absolute Gasteiger partial charge is 0.137 e. The molecule has 4 heteroatoms. The molecule has 0 aliphatic heterocycles. The van der Waals surface area contributed by atoms with E-state index in [2.05, 4.69) is 9.97 Å². The number of anilines is 1. The minimum atomic E-state index is -0.655. The quantitative estimate of drug-likeness (QED) is 0.767. The highest BCUT2D eigenvalue weighted by atomic mass is 16.3. The second-order valence-corrected chi connectivity index (χ2v) is 5.07. The first-order valence-electron chi connectivity index (χ1n) is 6.53. The molecule has 1 atom stereocenters. The van der Waals surface area contributed by atoms with E-state index < -0.39 is 6.10 Å². The first kappa shape index (κ1) is 12.7. The Kier molecular flexibility index (Phi) is 3.16. The van der Waals surface area contributed by atoms with Crippen LogP contribution in [-0.2, 0) is 0 Å². The van der Waals surface area contributed by atoms with Gasteiger partial charge in [-0.15, -0.1) is 0 Å². The fourth-order valence-corrected chi connectivity index (χ4v) is 2.25. The van der Waals surface area contributed by atoms with Crippen LogP contribution in [0.1, 0.15) is 17.2 Å². The van der Waals surface area contributed by atoms with Crippen molar-refractivity contribution in [3.05, 3.63) is 59.9 Å². The molecular formula is C16H17N3O. The van der Waals surface area contributed by atoms with E-state index in [9.17, 15) is 5.11 Å². The molecule has 3 aromatic rings. The van der Waals surface area contributed by atoms with Crippen LogP contribution in [0.3, 0.4) is 0 Å². The predicted molar refractivity (Wildman–Crippen MR) is 80.9 cm³/mol. The molecule has 20 heavy (non-hydrogen) atoms. The number of rotatable bonds is 3. The maximum Gasteiger partial charge on any atom is 0.137 e. The van der Waals surface area contributed by atoms with Crippen LogP contribution < -0.4 is 4.90 Å². The first-order chi connectivity index (χ1) is 9.65. The van der Waals surface area contributed by atoms with Gasteiger partial charge in [0.25, 0.3) is 0 Å². The maximum absolute atomic E-state index is 10.5. The lowest BCUT2D eigenvalue weighted by Gasteiger charge is -2.15. The molecule has 0 aliphatic carbocycles. The number of aliphatic hydroxyl groups is 1. The van der Waals surface area contributed by atoms with Gasteiger partial charge < -0.3 is 15.0 Å². The summed E-state index contributed by atoms with van der Waals surface area (Å²) in [7, 11) is 3.99. The number of nitrogens with zero attached hydrogens (tertiary/aromatic N) is 2. The summed E-state index contributed by atoms with van der Waals surface area (Å²) >= 11 is 0. The van der Waals surface area contributed by atoms with Crippen LogP contribution in [-0.4, -0.2) is 29.2 Å². The third kappa shape index (κ3) is 2.26. The molecule has 1 unspecified atom stereocenters. The monoisotopic (exact) mass is 267 g/mol. The molecule has 0 radical (unpaired) electrons. The lowest BCUT2D eigenvalue weighted by molar-refractivity contribution is 0.220. The second-order valence-electron chi connectivity index (χ2n) is 5.07. The third-order valence-electron chi connectivity index (χ3n) is 3.46. The van der Waals surface area contributed by atoms with E-state index in [1.165, 1.54) is 0 Å². The zero-order valence-corrected chi connectivity index (χ0v) is 11.5. The standard InChI is InChI=1S/C16H17N3O/c1-19(2)14-5-3-11(4-6-14)15(20)13-9-12-7-8-17-16(12)18-10-13/h3-10,15,20H,1-2H3,(H,17,18). The fourth-order valence-electron chi connectivity index (χ4n) is 2.25. The average Bonchev–Trinajstić information content (AvgIpc) is 2.94. The molecule has 0 aliphatic rings. The Labute approximate surface area is 117 Å². The number of hydrogen-bond acceptors (Lipinski definition) is 3. The normalized spacial score (nSPS) is 12.6. The molecule has 102 valence electrons. The predicted octanol–water partition coefficient (Wildman–Crippen LogP) is 2.71. The number of pyridine rings is 1. The van der Waals surface area contributed by atoms with Crippen LogP contribution in [0.4, 0.5) is 5.69 Å². The van der Waals surface area contributed by atoms with Crippen molar-refractivity contribution in [2.45, 2.75) is 6.10 Å². The second kappa shape index (κ2) is 4.98. The van der Waals surface area contributed by atoms with Gasteiger partial charge in [-0.25, -0.2) is 4.98 Å². The van der Waals surface area contributed by atoms with E-state index in [1.807, 2.05) is 61.6 Å². The first-order valence-corrected chi connectivity index (χ1v) is 6.53. The SMILES string of the molecule is CN(C)c1ccc(C(O)c2cnc3[nH]ccc3c2)cc1. The Hall–Kier alpha value is -2.33. The van der Waals surface area contributed by atoms with Crippen LogP contribution >= 0.6 is 0 Å². The maximum atomic E-state index is 10.5. The number of H-pyrrole nitrogens is 1. The summed E-state index contributed by atoms with van der Waals surface area (Å²) in [4.78, 5) is 9.39. The summed E-state index contributed by atoms with van der Waals surface area (Å²) in [5, 5.41) is 11.5. The van der Waals surface area contributed by atoms with Crippen molar-refractivity contribution in [2.75, 3.05) is 19.0 Å². The zero-order chi connectivity index (χ0) is 14.1. The van der Waals surface area contributed by atoms with Gasteiger partial charge in [0, 0.05) is 43.1 Å². The van der Waals surface area contributed by atoms with Gasteiger partial charge in [0.2, 0.25) is 0 Å². The van der Waals surface area contributed by atoms with Gasteiger partial charge in [-0.1, -0.05) is 12.1 Å². The van der Waals surface area contributed by atoms with Gasteiger partial charge in [0.15, 0.2) is 0 Å². The van der Waals surface area contributed by atoms with Crippen molar-refractivity contribution in [3.8, 4) is 0 Å². The third-order valence-corrected chi connectivity index (χ3v) is 3.46. The summed E-state index contributed by atoms with van der Waals surface area (Å²) in [5.74, 6) is 0. The Bertz CT molecular complexity index is 716. The van der Waals surface area contributed by atoms with Gasteiger partial charge in [0.1, 0.15) is 11.8 Å². The molecule has 0 spiro atoms. The van der Waals surface area contributed by atoms with Crippen molar-refractivity contribution >= 4 is 16.7 Å². The number of benzene rings is 1. The number of aliphatic hydroxyl groups excluding tert-OH is 1. The molecule has 0 fully saturated rings. The van der Waals surface area contributed by atoms with Crippen LogP contribution in [0.15, 0.2) is 48.8 Å². The van der Waals surface area contributed by atoms with Crippen molar-refractivity contribution < 1.29 is 5.11 Å². The van der Waals surface area contributed by atoms with E-state index in [4.69, 9.17) is 0 Å². The largest absolute Gasteiger partial charge is 0.384 e. The zero-order valence-electron chi connectivity index (χ0n) is 11.5. The van der Waals surface area contributed by atoms with Crippen molar-refractivity contribution in [1.29, 1.82) is 0 Å². The van der Waals surface area contributed by atoms with Crippen molar-refractivity contribution in [1.82, 2.24) is 9.97 Å². The highest BCUT2D eigenvalue weighted by Crippen LogP contribution is 2.25. The van der Waals surface area contributed by atoms with Crippen LogP contribution in [0, 0.1) is 0 Å². The van der Waals surface area contributed by atoms with Gasteiger partial charge in [-0.05, 0) is 29.8 Å². The molecule has 4 nitrogen and oxygen atoms in total. The Morgan fingerprint density at radius 2 is 1.85 bits per heavy atom. The Morgan fingerprint density at radius 1 is 1.10 bits per heavy atom. The van der Waals surface area contributed by atoms with E-state index in [-0.39, 0.29) is 0 Å². The van der Waals surface area contributed by atoms with E-state index in [0.29, 0.717) is 0 Å². The van der Waals surface area contributed by atoms with Gasteiger partial charge in [-0.3, -0.25) is 0 Å². The number of hydrogen-bond donors (Lipinski definition) is 2.